The maximum atomic E-state index is 12.4. The minimum atomic E-state index is -3.40. The Morgan fingerprint density at radius 2 is 1.67 bits per heavy atom. The van der Waals surface area contributed by atoms with Gasteiger partial charge in [-0.15, -0.1) is 0 Å². The maximum Gasteiger partial charge on any atom is 0.206 e. The monoisotopic (exact) mass is 260 g/mol. The average molecular weight is 260 g/mol. The molecular formula is C15H16O2S. The second kappa shape index (κ2) is 4.94. The van der Waals surface area contributed by atoms with E-state index in [4.69, 9.17) is 0 Å². The summed E-state index contributed by atoms with van der Waals surface area (Å²) in [6.07, 6.45) is 7.90. The molecule has 0 saturated carbocycles. The molecule has 0 N–H and O–H groups in total. The fourth-order valence-electron chi connectivity index (χ4n) is 1.74. The minimum Gasteiger partial charge on any atom is -0.219 e. The summed E-state index contributed by atoms with van der Waals surface area (Å²) in [5.41, 5.74) is 2.20. The second-order valence-corrected chi connectivity index (χ2v) is 6.45. The van der Waals surface area contributed by atoms with Gasteiger partial charge >= 0.3 is 0 Å². The van der Waals surface area contributed by atoms with Crippen molar-refractivity contribution < 1.29 is 8.42 Å². The smallest absolute Gasteiger partial charge is 0.206 e. The standard InChI is InChI=1S/C15H16O2S/c1-12-4-3-5-14(9-6-12)18(16,17)15-10-7-13(2)8-11-15/h3,5-11H,4H2,1-2H3. The van der Waals surface area contributed by atoms with Gasteiger partial charge < -0.3 is 0 Å². The molecule has 94 valence electrons. The van der Waals surface area contributed by atoms with Crippen molar-refractivity contribution in [1.29, 1.82) is 0 Å². The third-order valence-corrected chi connectivity index (χ3v) is 4.68. The lowest BCUT2D eigenvalue weighted by atomic mass is 10.2. The van der Waals surface area contributed by atoms with Gasteiger partial charge in [-0.2, -0.15) is 0 Å². The quantitative estimate of drug-likeness (QED) is 0.814. The van der Waals surface area contributed by atoms with Crippen LogP contribution in [0.25, 0.3) is 0 Å². The van der Waals surface area contributed by atoms with Gasteiger partial charge in [0, 0.05) is 0 Å². The molecule has 0 aromatic heterocycles. The molecule has 0 fully saturated rings. The van der Waals surface area contributed by atoms with Gasteiger partial charge in [0.25, 0.3) is 0 Å². The summed E-state index contributed by atoms with van der Waals surface area (Å²) in [5.74, 6) is 0. The van der Waals surface area contributed by atoms with Gasteiger partial charge in [0.2, 0.25) is 9.84 Å². The first-order chi connectivity index (χ1) is 8.50. The molecule has 0 radical (unpaired) electrons. The van der Waals surface area contributed by atoms with Crippen molar-refractivity contribution in [3.8, 4) is 0 Å². The number of benzene rings is 1. The van der Waals surface area contributed by atoms with Crippen LogP contribution in [0.4, 0.5) is 0 Å². The average Bonchev–Trinajstić information content (AvgIpc) is 2.55. The van der Waals surface area contributed by atoms with Crippen molar-refractivity contribution in [3.05, 3.63) is 64.6 Å². The summed E-state index contributed by atoms with van der Waals surface area (Å²) in [6, 6.07) is 6.94. The van der Waals surface area contributed by atoms with Gasteiger partial charge in [0.15, 0.2) is 0 Å². The SMILES string of the molecule is CC1=CC=C(S(=O)(=O)c2ccc(C)cc2)C=CC1. The molecule has 0 amide bonds. The highest BCUT2D eigenvalue weighted by molar-refractivity contribution is 7.95. The van der Waals surface area contributed by atoms with Crippen molar-refractivity contribution in [2.75, 3.05) is 0 Å². The van der Waals surface area contributed by atoms with Crippen LogP contribution in [0.2, 0.25) is 0 Å². The lowest BCUT2D eigenvalue weighted by Crippen LogP contribution is -2.02. The van der Waals surface area contributed by atoms with E-state index < -0.39 is 9.84 Å². The number of allylic oxidation sites excluding steroid dienone is 5. The van der Waals surface area contributed by atoms with E-state index in [-0.39, 0.29) is 0 Å². The van der Waals surface area contributed by atoms with Gasteiger partial charge in [-0.1, -0.05) is 35.4 Å². The lowest BCUT2D eigenvalue weighted by molar-refractivity contribution is 0.603. The zero-order chi connectivity index (χ0) is 13.2. The zero-order valence-corrected chi connectivity index (χ0v) is 11.4. The molecular weight excluding hydrogens is 244 g/mol. The summed E-state index contributed by atoms with van der Waals surface area (Å²) < 4.78 is 24.8. The Hall–Kier alpha value is -1.61. The number of hydrogen-bond acceptors (Lipinski definition) is 2. The van der Waals surface area contributed by atoms with E-state index in [1.165, 1.54) is 0 Å². The zero-order valence-electron chi connectivity index (χ0n) is 10.6. The second-order valence-electron chi connectivity index (χ2n) is 4.51. The van der Waals surface area contributed by atoms with E-state index in [1.807, 2.05) is 38.1 Å². The van der Waals surface area contributed by atoms with Crippen LogP contribution < -0.4 is 0 Å². The molecule has 3 heteroatoms. The number of sulfone groups is 1. The van der Waals surface area contributed by atoms with Crippen LogP contribution >= 0.6 is 0 Å². The number of aryl methyl sites for hydroxylation is 1. The molecule has 0 unspecified atom stereocenters. The summed E-state index contributed by atoms with van der Waals surface area (Å²) in [4.78, 5) is 0.695. The molecule has 0 heterocycles. The number of hydrogen-bond donors (Lipinski definition) is 0. The molecule has 1 aromatic carbocycles. The first-order valence-electron chi connectivity index (χ1n) is 5.86. The van der Waals surface area contributed by atoms with Crippen molar-refractivity contribution in [1.82, 2.24) is 0 Å². The predicted octanol–water partition coefficient (Wildman–Crippen LogP) is 3.56. The Kier molecular flexibility index (Phi) is 3.53. The molecule has 2 rings (SSSR count). The van der Waals surface area contributed by atoms with Crippen LogP contribution in [0, 0.1) is 6.92 Å². The molecule has 2 nitrogen and oxygen atoms in total. The molecule has 1 aliphatic rings. The molecule has 0 bridgehead atoms. The highest BCUT2D eigenvalue weighted by Gasteiger charge is 2.18. The summed E-state index contributed by atoms with van der Waals surface area (Å²) >= 11 is 0. The van der Waals surface area contributed by atoms with Crippen LogP contribution in [0.3, 0.4) is 0 Å². The van der Waals surface area contributed by atoms with E-state index in [1.54, 1.807) is 24.3 Å². The minimum absolute atomic E-state index is 0.344. The maximum absolute atomic E-state index is 12.4. The van der Waals surface area contributed by atoms with E-state index >= 15 is 0 Å². The lowest BCUT2D eigenvalue weighted by Gasteiger charge is -2.05. The molecule has 0 saturated heterocycles. The fourth-order valence-corrected chi connectivity index (χ4v) is 3.03. The van der Waals surface area contributed by atoms with Crippen LogP contribution in [0.1, 0.15) is 18.9 Å². The first-order valence-corrected chi connectivity index (χ1v) is 7.34. The number of rotatable bonds is 2. The molecule has 0 atom stereocenters. The Morgan fingerprint density at radius 3 is 2.33 bits per heavy atom. The topological polar surface area (TPSA) is 34.1 Å². The van der Waals surface area contributed by atoms with Gasteiger partial charge in [-0.3, -0.25) is 0 Å². The Labute approximate surface area is 108 Å². The Bertz CT molecular complexity index is 630. The van der Waals surface area contributed by atoms with Crippen molar-refractivity contribution in [2.45, 2.75) is 25.2 Å². The molecule has 0 spiro atoms. The predicted molar refractivity (Wildman–Crippen MR) is 74.0 cm³/mol. The van der Waals surface area contributed by atoms with Crippen LogP contribution in [0.15, 0.2) is 63.9 Å². The van der Waals surface area contributed by atoms with Crippen molar-refractivity contribution >= 4 is 9.84 Å². The summed E-state index contributed by atoms with van der Waals surface area (Å²) in [5, 5.41) is 0. The van der Waals surface area contributed by atoms with E-state index in [0.29, 0.717) is 9.80 Å². The third-order valence-electron chi connectivity index (χ3n) is 2.90. The molecule has 0 aliphatic heterocycles. The van der Waals surface area contributed by atoms with E-state index in [9.17, 15) is 8.42 Å². The summed E-state index contributed by atoms with van der Waals surface area (Å²) in [6.45, 7) is 3.93. The Morgan fingerprint density at radius 1 is 1.00 bits per heavy atom. The first kappa shape index (κ1) is 12.8. The molecule has 18 heavy (non-hydrogen) atoms. The van der Waals surface area contributed by atoms with Crippen molar-refractivity contribution in [2.24, 2.45) is 0 Å². The molecule has 1 aromatic rings. The van der Waals surface area contributed by atoms with E-state index in [0.717, 1.165) is 17.6 Å². The molecule has 1 aliphatic carbocycles. The summed E-state index contributed by atoms with van der Waals surface area (Å²) in [7, 11) is -3.40. The van der Waals surface area contributed by atoms with Gasteiger partial charge in [0.1, 0.15) is 0 Å². The van der Waals surface area contributed by atoms with Gasteiger partial charge in [0.05, 0.1) is 9.80 Å². The highest BCUT2D eigenvalue weighted by Crippen LogP contribution is 2.23. The van der Waals surface area contributed by atoms with Crippen LogP contribution in [-0.2, 0) is 9.84 Å². The van der Waals surface area contributed by atoms with Crippen molar-refractivity contribution in [3.63, 3.8) is 0 Å². The normalized spacial score (nSPS) is 15.9. The van der Waals surface area contributed by atoms with Crippen LogP contribution in [-0.4, -0.2) is 8.42 Å². The van der Waals surface area contributed by atoms with E-state index in [2.05, 4.69) is 0 Å². The third kappa shape index (κ3) is 2.62. The van der Waals surface area contributed by atoms with Crippen LogP contribution in [0.5, 0.6) is 0 Å². The highest BCUT2D eigenvalue weighted by atomic mass is 32.2. The Balaban J connectivity index is 2.46. The largest absolute Gasteiger partial charge is 0.219 e. The van der Waals surface area contributed by atoms with Gasteiger partial charge in [-0.05, 0) is 44.6 Å². The fraction of sp³-hybridized carbons (Fsp3) is 0.200. The van der Waals surface area contributed by atoms with Gasteiger partial charge in [-0.25, -0.2) is 8.42 Å².